The Bertz CT molecular complexity index is 873. The number of halogens is 1. The van der Waals surface area contributed by atoms with Crippen molar-refractivity contribution in [2.75, 3.05) is 11.9 Å². The third-order valence-electron chi connectivity index (χ3n) is 4.06. The first-order chi connectivity index (χ1) is 12.5. The highest BCUT2D eigenvalue weighted by Crippen LogP contribution is 2.22. The molecule has 2 aromatic carbocycles. The second-order valence-corrected chi connectivity index (χ2v) is 6.58. The van der Waals surface area contributed by atoms with Crippen LogP contribution in [0.25, 0.3) is 11.3 Å². The van der Waals surface area contributed by atoms with E-state index in [-0.39, 0.29) is 18.5 Å². The first kappa shape index (κ1) is 18.2. The molecule has 3 rings (SSSR count). The molecule has 0 aliphatic heterocycles. The molecule has 1 atom stereocenters. The lowest BCUT2D eigenvalue weighted by Crippen LogP contribution is -2.30. The van der Waals surface area contributed by atoms with Gasteiger partial charge in [0.25, 0.3) is 0 Å². The van der Waals surface area contributed by atoms with Gasteiger partial charge in [-0.05, 0) is 31.5 Å². The minimum Gasteiger partial charge on any atom is -0.338 e. The van der Waals surface area contributed by atoms with E-state index in [2.05, 4.69) is 15.8 Å². The molecule has 5 nitrogen and oxygen atoms in total. The number of anilines is 1. The molecule has 1 amide bonds. The minimum atomic E-state index is -0.197. The van der Waals surface area contributed by atoms with E-state index in [1.165, 1.54) is 5.56 Å². The number of rotatable bonds is 6. The Hall–Kier alpha value is -2.63. The van der Waals surface area contributed by atoms with Crippen molar-refractivity contribution in [1.29, 1.82) is 0 Å². The van der Waals surface area contributed by atoms with Crippen molar-refractivity contribution in [3.8, 4) is 11.3 Å². The number of aromatic nitrogens is 1. The molecule has 26 heavy (non-hydrogen) atoms. The van der Waals surface area contributed by atoms with Crippen molar-refractivity contribution in [1.82, 2.24) is 10.5 Å². The summed E-state index contributed by atoms with van der Waals surface area (Å²) in [6, 6.07) is 17.2. The number of nitrogens with zero attached hydrogens (tertiary/aromatic N) is 1. The zero-order valence-corrected chi connectivity index (χ0v) is 15.4. The highest BCUT2D eigenvalue weighted by Gasteiger charge is 2.11. The van der Waals surface area contributed by atoms with E-state index in [0.29, 0.717) is 16.6 Å². The van der Waals surface area contributed by atoms with Gasteiger partial charge in [0.1, 0.15) is 5.69 Å². The fourth-order valence-corrected chi connectivity index (χ4v) is 2.62. The van der Waals surface area contributed by atoms with Crippen LogP contribution in [-0.4, -0.2) is 17.6 Å². The third-order valence-corrected chi connectivity index (χ3v) is 4.31. The van der Waals surface area contributed by atoms with E-state index in [1.807, 2.05) is 62.4 Å². The Balaban J connectivity index is 1.53. The van der Waals surface area contributed by atoms with Crippen molar-refractivity contribution >= 4 is 23.4 Å². The van der Waals surface area contributed by atoms with Crippen LogP contribution in [0, 0.1) is 6.92 Å². The Morgan fingerprint density at radius 2 is 1.85 bits per heavy atom. The summed E-state index contributed by atoms with van der Waals surface area (Å²) in [5, 5.41) is 10.6. The summed E-state index contributed by atoms with van der Waals surface area (Å²) < 4.78 is 5.20. The van der Waals surface area contributed by atoms with Crippen LogP contribution < -0.4 is 10.6 Å². The van der Waals surface area contributed by atoms with Crippen LogP contribution in [0.3, 0.4) is 0 Å². The summed E-state index contributed by atoms with van der Waals surface area (Å²) >= 11 is 5.89. The Morgan fingerprint density at radius 3 is 2.54 bits per heavy atom. The Labute approximate surface area is 157 Å². The van der Waals surface area contributed by atoms with Crippen molar-refractivity contribution in [2.45, 2.75) is 19.9 Å². The normalized spacial score (nSPS) is 12.0. The van der Waals surface area contributed by atoms with E-state index in [0.717, 1.165) is 11.1 Å². The van der Waals surface area contributed by atoms with E-state index in [1.54, 1.807) is 6.07 Å². The number of amides is 1. The topological polar surface area (TPSA) is 67.2 Å². The van der Waals surface area contributed by atoms with Crippen LogP contribution in [0.2, 0.25) is 5.02 Å². The maximum absolute atomic E-state index is 12.1. The molecule has 0 radical (unpaired) electrons. The predicted octanol–water partition coefficient (Wildman–Crippen LogP) is 4.59. The molecule has 0 aliphatic rings. The summed E-state index contributed by atoms with van der Waals surface area (Å²) in [5.74, 6) is 0.129. The van der Waals surface area contributed by atoms with Gasteiger partial charge in [0.05, 0.1) is 6.54 Å². The second-order valence-electron chi connectivity index (χ2n) is 6.14. The van der Waals surface area contributed by atoms with Crippen molar-refractivity contribution in [3.63, 3.8) is 0 Å². The molecule has 0 fully saturated rings. The lowest BCUT2D eigenvalue weighted by molar-refractivity contribution is -0.115. The van der Waals surface area contributed by atoms with Gasteiger partial charge in [-0.3, -0.25) is 10.1 Å². The highest BCUT2D eigenvalue weighted by molar-refractivity contribution is 6.30. The average molecular weight is 370 g/mol. The van der Waals surface area contributed by atoms with Crippen LogP contribution in [0.4, 0.5) is 5.88 Å². The van der Waals surface area contributed by atoms with Crippen LogP contribution in [0.1, 0.15) is 24.1 Å². The third kappa shape index (κ3) is 4.71. The number of carbonyl (C=O) groups excluding carboxylic acids is 1. The van der Waals surface area contributed by atoms with E-state index in [4.69, 9.17) is 16.1 Å². The summed E-state index contributed by atoms with van der Waals surface area (Å²) in [7, 11) is 0. The molecular weight excluding hydrogens is 350 g/mol. The number of carbonyl (C=O) groups is 1. The molecule has 0 saturated heterocycles. The molecule has 1 heterocycles. The largest absolute Gasteiger partial charge is 0.338 e. The van der Waals surface area contributed by atoms with Gasteiger partial charge < -0.3 is 9.84 Å². The molecule has 0 saturated carbocycles. The second kappa shape index (κ2) is 8.17. The lowest BCUT2D eigenvalue weighted by atomic mass is 10.1. The molecule has 2 N–H and O–H groups in total. The first-order valence-corrected chi connectivity index (χ1v) is 8.71. The predicted molar refractivity (Wildman–Crippen MR) is 103 cm³/mol. The number of hydrogen-bond acceptors (Lipinski definition) is 4. The number of hydrogen-bond donors (Lipinski definition) is 2. The maximum atomic E-state index is 12.1. The van der Waals surface area contributed by atoms with Gasteiger partial charge in [-0.15, -0.1) is 0 Å². The molecule has 134 valence electrons. The van der Waals surface area contributed by atoms with Gasteiger partial charge >= 0.3 is 0 Å². The SMILES string of the molecule is Cc1ccc(-c2cc(NC(=O)CN[C@@H](C)c3ccc(Cl)cc3)on2)cc1. The van der Waals surface area contributed by atoms with Gasteiger partial charge in [0, 0.05) is 22.7 Å². The Morgan fingerprint density at radius 1 is 1.15 bits per heavy atom. The molecule has 1 aromatic heterocycles. The van der Waals surface area contributed by atoms with E-state index < -0.39 is 0 Å². The van der Waals surface area contributed by atoms with Crippen molar-refractivity contribution in [3.05, 3.63) is 70.7 Å². The van der Waals surface area contributed by atoms with Crippen molar-refractivity contribution < 1.29 is 9.32 Å². The molecular formula is C20H20ClN3O2. The van der Waals surface area contributed by atoms with Crippen LogP contribution in [-0.2, 0) is 4.79 Å². The van der Waals surface area contributed by atoms with E-state index in [9.17, 15) is 4.79 Å². The van der Waals surface area contributed by atoms with Gasteiger partial charge in [0.15, 0.2) is 0 Å². The fourth-order valence-electron chi connectivity index (χ4n) is 2.49. The summed E-state index contributed by atoms with van der Waals surface area (Å²) in [6.45, 7) is 4.17. The monoisotopic (exact) mass is 369 g/mol. The van der Waals surface area contributed by atoms with Crippen LogP contribution in [0.15, 0.2) is 59.1 Å². The quantitative estimate of drug-likeness (QED) is 0.666. The molecule has 6 heteroatoms. The molecule has 0 spiro atoms. The molecule has 0 unspecified atom stereocenters. The molecule has 0 bridgehead atoms. The molecule has 0 aliphatic carbocycles. The summed E-state index contributed by atoms with van der Waals surface area (Å²) in [4.78, 5) is 12.1. The number of benzene rings is 2. The fraction of sp³-hybridized carbons (Fsp3) is 0.200. The maximum Gasteiger partial charge on any atom is 0.240 e. The van der Waals surface area contributed by atoms with Crippen LogP contribution in [0.5, 0.6) is 0 Å². The summed E-state index contributed by atoms with van der Waals surface area (Å²) in [6.07, 6.45) is 0. The van der Waals surface area contributed by atoms with Gasteiger partial charge in [-0.1, -0.05) is 58.7 Å². The first-order valence-electron chi connectivity index (χ1n) is 8.34. The summed E-state index contributed by atoms with van der Waals surface area (Å²) in [5.41, 5.74) is 3.85. The van der Waals surface area contributed by atoms with Gasteiger partial charge in [0.2, 0.25) is 11.8 Å². The van der Waals surface area contributed by atoms with Crippen molar-refractivity contribution in [2.24, 2.45) is 0 Å². The standard InChI is InChI=1S/C20H20ClN3O2/c1-13-3-5-16(6-4-13)18-11-20(26-24-18)23-19(25)12-22-14(2)15-7-9-17(21)10-8-15/h3-11,14,22H,12H2,1-2H3,(H,23,25)/t14-/m0/s1. The Kier molecular flexibility index (Phi) is 5.71. The lowest BCUT2D eigenvalue weighted by Gasteiger charge is -2.13. The number of nitrogens with one attached hydrogen (secondary N) is 2. The zero-order chi connectivity index (χ0) is 18.5. The smallest absolute Gasteiger partial charge is 0.240 e. The van der Waals surface area contributed by atoms with Crippen LogP contribution >= 0.6 is 11.6 Å². The van der Waals surface area contributed by atoms with Gasteiger partial charge in [-0.25, -0.2) is 0 Å². The number of aryl methyl sites for hydroxylation is 1. The van der Waals surface area contributed by atoms with E-state index >= 15 is 0 Å². The van der Waals surface area contributed by atoms with Gasteiger partial charge in [-0.2, -0.15) is 0 Å². The average Bonchev–Trinajstić information content (AvgIpc) is 3.09. The minimum absolute atomic E-state index is 0.0239. The highest BCUT2D eigenvalue weighted by atomic mass is 35.5. The molecule has 3 aromatic rings. The zero-order valence-electron chi connectivity index (χ0n) is 14.6.